The monoisotopic (exact) mass is 242 g/mol. The van der Waals surface area contributed by atoms with Crippen LogP contribution in [-0.4, -0.2) is 29.3 Å². The lowest BCUT2D eigenvalue weighted by Crippen LogP contribution is -2.39. The first-order valence-electron chi connectivity index (χ1n) is 6.48. The van der Waals surface area contributed by atoms with E-state index in [-0.39, 0.29) is 0 Å². The summed E-state index contributed by atoms with van der Waals surface area (Å²) in [6, 6.07) is 13.2. The molecule has 2 N–H and O–H groups in total. The van der Waals surface area contributed by atoms with Crippen molar-refractivity contribution in [2.75, 3.05) is 23.3 Å². The summed E-state index contributed by atoms with van der Waals surface area (Å²) in [7, 11) is 0. The maximum absolute atomic E-state index is 3.95. The van der Waals surface area contributed by atoms with Crippen molar-refractivity contribution in [2.24, 2.45) is 0 Å². The van der Waals surface area contributed by atoms with Crippen LogP contribution in [0.2, 0.25) is 0 Å². The molecule has 0 radical (unpaired) electrons. The number of piperidine rings is 1. The minimum absolute atomic E-state index is 0.547. The Morgan fingerprint density at radius 1 is 1.11 bits per heavy atom. The van der Waals surface area contributed by atoms with E-state index in [4.69, 9.17) is 0 Å². The van der Waals surface area contributed by atoms with Gasteiger partial charge >= 0.3 is 0 Å². The molecular formula is C14H18N4. The third-order valence-electron chi connectivity index (χ3n) is 3.48. The highest BCUT2D eigenvalue weighted by Gasteiger charge is 2.19. The van der Waals surface area contributed by atoms with Crippen molar-refractivity contribution in [2.45, 2.75) is 18.9 Å². The van der Waals surface area contributed by atoms with Gasteiger partial charge in [0.05, 0.1) is 6.20 Å². The second-order valence-electron chi connectivity index (χ2n) is 4.71. The average Bonchev–Trinajstić information content (AvgIpc) is 2.94. The van der Waals surface area contributed by atoms with Crippen molar-refractivity contribution >= 4 is 11.5 Å². The molecule has 0 atom stereocenters. The number of nitrogens with one attached hydrogen (secondary N) is 2. The van der Waals surface area contributed by atoms with E-state index in [1.807, 2.05) is 6.07 Å². The molecule has 1 aliphatic heterocycles. The predicted molar refractivity (Wildman–Crippen MR) is 73.9 cm³/mol. The lowest BCUT2D eigenvalue weighted by atomic mass is 10.0. The third-order valence-corrected chi connectivity index (χ3v) is 3.48. The second-order valence-corrected chi connectivity index (χ2v) is 4.71. The first-order valence-corrected chi connectivity index (χ1v) is 6.48. The van der Waals surface area contributed by atoms with Crippen LogP contribution in [0.3, 0.4) is 0 Å². The lowest BCUT2D eigenvalue weighted by Gasteiger charge is -2.34. The molecule has 1 saturated heterocycles. The van der Waals surface area contributed by atoms with E-state index >= 15 is 0 Å². The molecule has 94 valence electrons. The topological polar surface area (TPSA) is 44.0 Å². The van der Waals surface area contributed by atoms with E-state index in [2.05, 4.69) is 50.7 Å². The van der Waals surface area contributed by atoms with Gasteiger partial charge in [0.25, 0.3) is 0 Å². The van der Waals surface area contributed by atoms with Crippen LogP contribution >= 0.6 is 0 Å². The number of aromatic amines is 1. The van der Waals surface area contributed by atoms with Crippen molar-refractivity contribution in [3.8, 4) is 0 Å². The number of aromatic nitrogens is 2. The van der Waals surface area contributed by atoms with Gasteiger partial charge in [-0.1, -0.05) is 18.2 Å². The summed E-state index contributed by atoms with van der Waals surface area (Å²) in [4.78, 5) is 2.45. The SMILES string of the molecule is c1ccc(N2CCC(Nc3ccn[nH]3)CC2)cc1. The first kappa shape index (κ1) is 11.1. The Bertz CT molecular complexity index is 458. The van der Waals surface area contributed by atoms with E-state index in [1.54, 1.807) is 6.20 Å². The number of hydrogen-bond acceptors (Lipinski definition) is 3. The standard InChI is InChI=1S/C14H18N4/c1-2-4-13(5-3-1)18-10-7-12(8-11-18)16-14-6-9-15-17-14/h1-6,9,12H,7-8,10-11H2,(H2,15,16,17). The number of nitrogens with zero attached hydrogens (tertiary/aromatic N) is 2. The highest BCUT2D eigenvalue weighted by Crippen LogP contribution is 2.20. The molecule has 1 aliphatic rings. The Labute approximate surface area is 107 Å². The number of H-pyrrole nitrogens is 1. The van der Waals surface area contributed by atoms with Crippen LogP contribution in [0.25, 0.3) is 0 Å². The Morgan fingerprint density at radius 3 is 2.56 bits per heavy atom. The van der Waals surface area contributed by atoms with Crippen molar-refractivity contribution in [3.05, 3.63) is 42.6 Å². The molecule has 0 unspecified atom stereocenters. The Morgan fingerprint density at radius 2 is 1.89 bits per heavy atom. The number of rotatable bonds is 3. The summed E-state index contributed by atoms with van der Waals surface area (Å²) in [5.41, 5.74) is 1.33. The number of benzene rings is 1. The van der Waals surface area contributed by atoms with Crippen molar-refractivity contribution in [1.29, 1.82) is 0 Å². The summed E-state index contributed by atoms with van der Waals surface area (Å²) < 4.78 is 0. The van der Waals surface area contributed by atoms with E-state index in [1.165, 1.54) is 5.69 Å². The normalized spacial score (nSPS) is 16.8. The molecule has 1 aromatic carbocycles. The van der Waals surface area contributed by atoms with Gasteiger partial charge in [-0.05, 0) is 31.0 Å². The van der Waals surface area contributed by atoms with Crippen LogP contribution in [0.5, 0.6) is 0 Å². The lowest BCUT2D eigenvalue weighted by molar-refractivity contribution is 0.525. The average molecular weight is 242 g/mol. The highest BCUT2D eigenvalue weighted by molar-refractivity contribution is 5.46. The molecule has 4 heteroatoms. The highest BCUT2D eigenvalue weighted by atomic mass is 15.2. The van der Waals surface area contributed by atoms with Crippen LogP contribution in [-0.2, 0) is 0 Å². The van der Waals surface area contributed by atoms with Crippen LogP contribution in [0.1, 0.15) is 12.8 Å². The molecule has 1 aromatic heterocycles. The fourth-order valence-corrected chi connectivity index (χ4v) is 2.48. The van der Waals surface area contributed by atoms with E-state index in [9.17, 15) is 0 Å². The van der Waals surface area contributed by atoms with Crippen molar-refractivity contribution in [1.82, 2.24) is 10.2 Å². The molecule has 3 rings (SSSR count). The predicted octanol–water partition coefficient (Wildman–Crippen LogP) is 2.49. The minimum atomic E-state index is 0.547. The van der Waals surface area contributed by atoms with E-state index < -0.39 is 0 Å². The van der Waals surface area contributed by atoms with Crippen LogP contribution in [0, 0.1) is 0 Å². The summed E-state index contributed by atoms with van der Waals surface area (Å²) in [5, 5.41) is 10.4. The van der Waals surface area contributed by atoms with Crippen LogP contribution in [0.15, 0.2) is 42.6 Å². The minimum Gasteiger partial charge on any atom is -0.371 e. The Kier molecular flexibility index (Phi) is 3.17. The van der Waals surface area contributed by atoms with Gasteiger partial charge in [0.2, 0.25) is 0 Å². The quantitative estimate of drug-likeness (QED) is 0.869. The largest absolute Gasteiger partial charge is 0.371 e. The van der Waals surface area contributed by atoms with Crippen molar-refractivity contribution < 1.29 is 0 Å². The molecule has 0 aliphatic carbocycles. The van der Waals surface area contributed by atoms with Gasteiger partial charge in [-0.25, -0.2) is 0 Å². The molecular weight excluding hydrogens is 224 g/mol. The first-order chi connectivity index (χ1) is 8.92. The molecule has 2 aromatic rings. The van der Waals surface area contributed by atoms with Crippen LogP contribution in [0.4, 0.5) is 11.5 Å². The summed E-state index contributed by atoms with van der Waals surface area (Å²) in [6.07, 6.45) is 4.10. The summed E-state index contributed by atoms with van der Waals surface area (Å²) >= 11 is 0. The fraction of sp³-hybridized carbons (Fsp3) is 0.357. The maximum Gasteiger partial charge on any atom is 0.121 e. The van der Waals surface area contributed by atoms with Gasteiger partial charge in [0.15, 0.2) is 0 Å². The zero-order chi connectivity index (χ0) is 12.2. The smallest absolute Gasteiger partial charge is 0.121 e. The Balaban J connectivity index is 1.55. The van der Waals surface area contributed by atoms with Gasteiger partial charge in [-0.2, -0.15) is 5.10 Å². The van der Waals surface area contributed by atoms with E-state index in [0.29, 0.717) is 6.04 Å². The number of hydrogen-bond donors (Lipinski definition) is 2. The van der Waals surface area contributed by atoms with Gasteiger partial charge in [-0.3, -0.25) is 5.10 Å². The van der Waals surface area contributed by atoms with Gasteiger partial charge in [0, 0.05) is 24.8 Å². The van der Waals surface area contributed by atoms with Crippen molar-refractivity contribution in [3.63, 3.8) is 0 Å². The third kappa shape index (κ3) is 2.47. The molecule has 18 heavy (non-hydrogen) atoms. The van der Waals surface area contributed by atoms with E-state index in [0.717, 1.165) is 31.7 Å². The second kappa shape index (κ2) is 5.12. The molecule has 0 amide bonds. The zero-order valence-electron chi connectivity index (χ0n) is 10.3. The summed E-state index contributed by atoms with van der Waals surface area (Å²) in [6.45, 7) is 2.21. The molecule has 4 nitrogen and oxygen atoms in total. The van der Waals surface area contributed by atoms with Gasteiger partial charge in [-0.15, -0.1) is 0 Å². The molecule has 0 bridgehead atoms. The molecule has 1 fully saturated rings. The van der Waals surface area contributed by atoms with Gasteiger partial charge < -0.3 is 10.2 Å². The molecule has 2 heterocycles. The van der Waals surface area contributed by atoms with Crippen LogP contribution < -0.4 is 10.2 Å². The molecule has 0 spiro atoms. The number of para-hydroxylation sites is 1. The molecule has 0 saturated carbocycles. The summed E-state index contributed by atoms with van der Waals surface area (Å²) in [5.74, 6) is 1.02. The number of anilines is 2. The maximum atomic E-state index is 3.95. The Hall–Kier alpha value is -1.97. The van der Waals surface area contributed by atoms with Gasteiger partial charge in [0.1, 0.15) is 5.82 Å². The zero-order valence-corrected chi connectivity index (χ0v) is 10.3. The fourth-order valence-electron chi connectivity index (χ4n) is 2.48.